The Hall–Kier alpha value is -1.35. The van der Waals surface area contributed by atoms with Gasteiger partial charge in [-0.15, -0.1) is 0 Å². The Kier molecular flexibility index (Phi) is 6.73. The van der Waals surface area contributed by atoms with E-state index in [1.807, 2.05) is 19.1 Å². The molecular formula is C17H28N2O. The molecule has 0 aliphatic rings. The van der Waals surface area contributed by atoms with Crippen molar-refractivity contribution in [1.82, 2.24) is 5.32 Å². The van der Waals surface area contributed by atoms with Crippen LogP contribution in [-0.2, 0) is 4.79 Å². The molecule has 0 aliphatic carbocycles. The molecule has 1 amide bonds. The van der Waals surface area contributed by atoms with E-state index in [1.165, 1.54) is 11.1 Å². The van der Waals surface area contributed by atoms with Gasteiger partial charge in [-0.1, -0.05) is 38.1 Å². The van der Waals surface area contributed by atoms with Gasteiger partial charge in [0.05, 0.1) is 6.04 Å². The molecule has 0 unspecified atom stereocenters. The number of hydrogen-bond acceptors (Lipinski definition) is 2. The van der Waals surface area contributed by atoms with Gasteiger partial charge in [-0.05, 0) is 49.8 Å². The zero-order valence-electron chi connectivity index (χ0n) is 13.1. The Labute approximate surface area is 122 Å². The Morgan fingerprint density at radius 1 is 1.25 bits per heavy atom. The molecular weight excluding hydrogens is 248 g/mol. The van der Waals surface area contributed by atoms with Crippen molar-refractivity contribution in [2.24, 2.45) is 17.6 Å². The van der Waals surface area contributed by atoms with E-state index >= 15 is 0 Å². The first-order valence-electron chi connectivity index (χ1n) is 7.49. The van der Waals surface area contributed by atoms with Gasteiger partial charge in [0.15, 0.2) is 0 Å². The summed E-state index contributed by atoms with van der Waals surface area (Å²) < 4.78 is 0. The number of carbonyl (C=O) groups excluding carboxylic acids is 1. The summed E-state index contributed by atoms with van der Waals surface area (Å²) in [4.78, 5) is 12.1. The minimum atomic E-state index is 0.0428. The van der Waals surface area contributed by atoms with E-state index in [9.17, 15) is 4.79 Å². The highest BCUT2D eigenvalue weighted by Gasteiger charge is 2.16. The van der Waals surface area contributed by atoms with E-state index in [4.69, 9.17) is 5.73 Å². The molecule has 0 fully saturated rings. The SMILES string of the molecule is Cc1ccccc1[C@H](C)NC(=O)C[C@@H](CN)CC(C)C. The fraction of sp³-hybridized carbons (Fsp3) is 0.588. The maximum absolute atomic E-state index is 12.1. The number of nitrogens with two attached hydrogens (primary N) is 1. The number of amides is 1. The molecule has 0 saturated carbocycles. The van der Waals surface area contributed by atoms with Crippen LogP contribution in [0.4, 0.5) is 0 Å². The third-order valence-electron chi connectivity index (χ3n) is 3.64. The summed E-state index contributed by atoms with van der Waals surface area (Å²) in [5, 5.41) is 3.08. The lowest BCUT2D eigenvalue weighted by Gasteiger charge is -2.20. The standard InChI is InChI=1S/C17H28N2O/c1-12(2)9-15(11-18)10-17(20)19-14(4)16-8-6-5-7-13(16)3/h5-8,12,14-15H,9-11,18H2,1-4H3,(H,19,20)/t14-,15-/m0/s1. The van der Waals surface area contributed by atoms with Crippen molar-refractivity contribution in [3.63, 3.8) is 0 Å². The molecule has 0 bridgehead atoms. The van der Waals surface area contributed by atoms with Crippen LogP contribution in [0.3, 0.4) is 0 Å². The van der Waals surface area contributed by atoms with Crippen molar-refractivity contribution in [1.29, 1.82) is 0 Å². The van der Waals surface area contributed by atoms with Crippen molar-refractivity contribution in [3.8, 4) is 0 Å². The third kappa shape index (κ3) is 5.33. The van der Waals surface area contributed by atoms with Crippen LogP contribution in [0.1, 0.15) is 50.8 Å². The summed E-state index contributed by atoms with van der Waals surface area (Å²) in [6, 6.07) is 8.20. The smallest absolute Gasteiger partial charge is 0.220 e. The van der Waals surface area contributed by atoms with E-state index in [1.54, 1.807) is 0 Å². The Balaban J connectivity index is 2.55. The minimum absolute atomic E-state index is 0.0428. The lowest BCUT2D eigenvalue weighted by molar-refractivity contribution is -0.122. The van der Waals surface area contributed by atoms with Crippen LogP contribution in [0.5, 0.6) is 0 Å². The molecule has 2 atom stereocenters. The molecule has 20 heavy (non-hydrogen) atoms. The molecule has 3 N–H and O–H groups in total. The largest absolute Gasteiger partial charge is 0.350 e. The monoisotopic (exact) mass is 276 g/mol. The molecule has 0 saturated heterocycles. The number of hydrogen-bond donors (Lipinski definition) is 2. The maximum Gasteiger partial charge on any atom is 0.220 e. The average Bonchev–Trinajstić information content (AvgIpc) is 2.37. The predicted octanol–water partition coefficient (Wildman–Crippen LogP) is 3.18. The zero-order chi connectivity index (χ0) is 15.1. The second kappa shape index (κ2) is 8.05. The summed E-state index contributed by atoms with van der Waals surface area (Å²) >= 11 is 0. The van der Waals surface area contributed by atoms with Gasteiger partial charge in [0, 0.05) is 6.42 Å². The second-order valence-corrected chi connectivity index (χ2v) is 6.08. The Morgan fingerprint density at radius 3 is 2.45 bits per heavy atom. The van der Waals surface area contributed by atoms with E-state index in [0.29, 0.717) is 18.9 Å². The lowest BCUT2D eigenvalue weighted by Crippen LogP contribution is -2.31. The highest BCUT2D eigenvalue weighted by atomic mass is 16.1. The van der Waals surface area contributed by atoms with Crippen molar-refractivity contribution in [3.05, 3.63) is 35.4 Å². The summed E-state index contributed by atoms with van der Waals surface area (Å²) in [5.41, 5.74) is 8.14. The van der Waals surface area contributed by atoms with Crippen molar-refractivity contribution >= 4 is 5.91 Å². The van der Waals surface area contributed by atoms with Crippen LogP contribution in [-0.4, -0.2) is 12.5 Å². The summed E-state index contributed by atoms with van der Waals surface area (Å²) in [6.45, 7) is 9.00. The molecule has 0 spiro atoms. The first-order chi connectivity index (χ1) is 9.43. The molecule has 0 aliphatic heterocycles. The van der Waals surface area contributed by atoms with Crippen LogP contribution in [0, 0.1) is 18.8 Å². The highest BCUT2D eigenvalue weighted by Crippen LogP contribution is 2.18. The van der Waals surface area contributed by atoms with E-state index < -0.39 is 0 Å². The van der Waals surface area contributed by atoms with Gasteiger partial charge in [-0.3, -0.25) is 4.79 Å². The maximum atomic E-state index is 12.1. The molecule has 0 radical (unpaired) electrons. The number of rotatable bonds is 7. The van der Waals surface area contributed by atoms with E-state index in [2.05, 4.69) is 38.2 Å². The van der Waals surface area contributed by atoms with Crippen LogP contribution >= 0.6 is 0 Å². The normalized spacial score (nSPS) is 14.1. The van der Waals surface area contributed by atoms with Crippen LogP contribution in [0.15, 0.2) is 24.3 Å². The van der Waals surface area contributed by atoms with Gasteiger partial charge in [0.2, 0.25) is 5.91 Å². The van der Waals surface area contributed by atoms with Crippen molar-refractivity contribution < 1.29 is 4.79 Å². The van der Waals surface area contributed by atoms with Crippen LogP contribution in [0.2, 0.25) is 0 Å². The van der Waals surface area contributed by atoms with E-state index in [0.717, 1.165) is 6.42 Å². The van der Waals surface area contributed by atoms with Gasteiger partial charge in [0.25, 0.3) is 0 Å². The first kappa shape index (κ1) is 16.7. The van der Waals surface area contributed by atoms with Crippen LogP contribution in [0.25, 0.3) is 0 Å². The third-order valence-corrected chi connectivity index (χ3v) is 3.64. The van der Waals surface area contributed by atoms with Gasteiger partial charge in [-0.25, -0.2) is 0 Å². The Bertz CT molecular complexity index is 429. The van der Waals surface area contributed by atoms with Crippen LogP contribution < -0.4 is 11.1 Å². The topological polar surface area (TPSA) is 55.1 Å². The van der Waals surface area contributed by atoms with E-state index in [-0.39, 0.29) is 17.9 Å². The molecule has 3 heteroatoms. The predicted molar refractivity (Wildman–Crippen MR) is 84.4 cm³/mol. The van der Waals surface area contributed by atoms with Crippen molar-refractivity contribution in [2.75, 3.05) is 6.54 Å². The molecule has 1 rings (SSSR count). The van der Waals surface area contributed by atoms with Gasteiger partial charge in [0.1, 0.15) is 0 Å². The van der Waals surface area contributed by atoms with Gasteiger partial charge in [-0.2, -0.15) is 0 Å². The number of carbonyl (C=O) groups is 1. The molecule has 1 aromatic rings. The lowest BCUT2D eigenvalue weighted by atomic mass is 9.93. The molecule has 1 aromatic carbocycles. The summed E-state index contributed by atoms with van der Waals surface area (Å²) in [6.07, 6.45) is 1.52. The number of aryl methyl sites for hydroxylation is 1. The minimum Gasteiger partial charge on any atom is -0.350 e. The second-order valence-electron chi connectivity index (χ2n) is 6.08. The first-order valence-corrected chi connectivity index (χ1v) is 7.49. The molecule has 0 heterocycles. The highest BCUT2D eigenvalue weighted by molar-refractivity contribution is 5.76. The van der Waals surface area contributed by atoms with Gasteiger partial charge < -0.3 is 11.1 Å². The number of benzene rings is 1. The quantitative estimate of drug-likeness (QED) is 0.803. The molecule has 112 valence electrons. The fourth-order valence-corrected chi connectivity index (χ4v) is 2.64. The fourth-order valence-electron chi connectivity index (χ4n) is 2.64. The van der Waals surface area contributed by atoms with Crippen molar-refractivity contribution in [2.45, 2.75) is 46.6 Å². The number of nitrogens with one attached hydrogen (secondary N) is 1. The van der Waals surface area contributed by atoms with Gasteiger partial charge >= 0.3 is 0 Å². The summed E-state index contributed by atoms with van der Waals surface area (Å²) in [5.74, 6) is 0.945. The summed E-state index contributed by atoms with van der Waals surface area (Å²) in [7, 11) is 0. The zero-order valence-corrected chi connectivity index (χ0v) is 13.1. The Morgan fingerprint density at radius 2 is 1.90 bits per heavy atom. The molecule has 3 nitrogen and oxygen atoms in total. The average molecular weight is 276 g/mol. The molecule has 0 aromatic heterocycles.